The summed E-state index contributed by atoms with van der Waals surface area (Å²) in [5.41, 5.74) is 3.85. The summed E-state index contributed by atoms with van der Waals surface area (Å²) in [6.45, 7) is 2.96. The summed E-state index contributed by atoms with van der Waals surface area (Å²) in [5, 5.41) is 4.11. The molecule has 2 fully saturated rings. The Hall–Kier alpha value is -2.20. The van der Waals surface area contributed by atoms with Crippen LogP contribution in [-0.4, -0.2) is 33.8 Å². The van der Waals surface area contributed by atoms with E-state index in [1.807, 2.05) is 0 Å². The number of piperidine rings is 1. The van der Waals surface area contributed by atoms with Gasteiger partial charge < -0.3 is 0 Å². The van der Waals surface area contributed by atoms with E-state index in [1.54, 1.807) is 23.9 Å². The highest BCUT2D eigenvalue weighted by molar-refractivity contribution is 5.53. The van der Waals surface area contributed by atoms with Gasteiger partial charge in [-0.3, -0.25) is 9.69 Å². The molecule has 1 aliphatic carbocycles. The van der Waals surface area contributed by atoms with Crippen molar-refractivity contribution in [2.45, 2.75) is 44.7 Å². The Morgan fingerprint density at radius 2 is 1.84 bits per heavy atom. The van der Waals surface area contributed by atoms with Crippen LogP contribution in [0, 0.1) is 0 Å². The lowest BCUT2D eigenvalue weighted by Crippen LogP contribution is -2.43. The van der Waals surface area contributed by atoms with Gasteiger partial charge >= 0.3 is 0 Å². The summed E-state index contributed by atoms with van der Waals surface area (Å²) >= 11 is 0. The zero-order chi connectivity index (χ0) is 17.1. The third kappa shape index (κ3) is 3.90. The van der Waals surface area contributed by atoms with Crippen molar-refractivity contribution >= 4 is 6.08 Å². The molecule has 0 spiro atoms. The van der Waals surface area contributed by atoms with E-state index >= 15 is 0 Å². The zero-order valence-corrected chi connectivity index (χ0v) is 14.6. The first-order chi connectivity index (χ1) is 12.3. The predicted molar refractivity (Wildman–Crippen MR) is 100 cm³/mol. The number of nitrogens with zero attached hydrogens (tertiary/aromatic N) is 3. The smallest absolute Gasteiger partial charge is 0.267 e. The Bertz CT molecular complexity index is 792. The van der Waals surface area contributed by atoms with Gasteiger partial charge in [0.05, 0.1) is 6.54 Å². The van der Waals surface area contributed by atoms with Gasteiger partial charge in [-0.05, 0) is 42.9 Å². The van der Waals surface area contributed by atoms with Gasteiger partial charge in [-0.15, -0.1) is 0 Å². The zero-order valence-electron chi connectivity index (χ0n) is 14.6. The molecule has 0 atom stereocenters. The summed E-state index contributed by atoms with van der Waals surface area (Å²) in [4.78, 5) is 14.4. The van der Waals surface area contributed by atoms with Crippen molar-refractivity contribution in [3.63, 3.8) is 0 Å². The van der Waals surface area contributed by atoms with Gasteiger partial charge in [0.2, 0.25) is 0 Å². The summed E-state index contributed by atoms with van der Waals surface area (Å²) in [6, 6.07) is 12.6. The Morgan fingerprint density at radius 3 is 2.48 bits per heavy atom. The number of rotatable bonds is 4. The van der Waals surface area contributed by atoms with E-state index in [4.69, 9.17) is 0 Å². The van der Waals surface area contributed by atoms with Crippen molar-refractivity contribution < 1.29 is 0 Å². The van der Waals surface area contributed by atoms with Crippen LogP contribution in [0.2, 0.25) is 0 Å². The minimum absolute atomic E-state index is 0.0630. The summed E-state index contributed by atoms with van der Waals surface area (Å²) in [6.07, 6.45) is 10.6. The largest absolute Gasteiger partial charge is 0.300 e. The Morgan fingerprint density at radius 1 is 1.08 bits per heavy atom. The van der Waals surface area contributed by atoms with E-state index in [0.29, 0.717) is 6.54 Å². The Labute approximate surface area is 148 Å². The SMILES string of the molecule is O=c1cccnn1Cc1ccc(C=C2CCN(C3CCC3)CC2)cc1. The highest BCUT2D eigenvalue weighted by Gasteiger charge is 2.26. The molecule has 1 saturated carbocycles. The third-order valence-corrected chi connectivity index (χ3v) is 5.50. The van der Waals surface area contributed by atoms with Gasteiger partial charge in [0.15, 0.2) is 0 Å². The molecule has 1 saturated heterocycles. The molecule has 2 aromatic rings. The highest BCUT2D eigenvalue weighted by Crippen LogP contribution is 2.29. The fraction of sp³-hybridized carbons (Fsp3) is 0.429. The monoisotopic (exact) mass is 335 g/mol. The molecule has 0 unspecified atom stereocenters. The Balaban J connectivity index is 1.37. The summed E-state index contributed by atoms with van der Waals surface area (Å²) in [5.74, 6) is 0. The van der Waals surface area contributed by atoms with Gasteiger partial charge in [0, 0.05) is 31.4 Å². The second-order valence-corrected chi connectivity index (χ2v) is 7.18. The molecule has 2 heterocycles. The third-order valence-electron chi connectivity index (χ3n) is 5.50. The molecule has 25 heavy (non-hydrogen) atoms. The molecule has 1 aromatic carbocycles. The average Bonchev–Trinajstić information content (AvgIpc) is 2.59. The van der Waals surface area contributed by atoms with Crippen molar-refractivity contribution in [1.82, 2.24) is 14.7 Å². The van der Waals surface area contributed by atoms with E-state index < -0.39 is 0 Å². The number of hydrogen-bond acceptors (Lipinski definition) is 3. The average molecular weight is 335 g/mol. The molecule has 1 aromatic heterocycles. The van der Waals surface area contributed by atoms with Crippen molar-refractivity contribution in [1.29, 1.82) is 0 Å². The summed E-state index contributed by atoms with van der Waals surface area (Å²) in [7, 11) is 0. The van der Waals surface area contributed by atoms with Crippen LogP contribution in [0.4, 0.5) is 0 Å². The van der Waals surface area contributed by atoms with Crippen molar-refractivity contribution in [3.8, 4) is 0 Å². The van der Waals surface area contributed by atoms with Crippen molar-refractivity contribution in [3.05, 3.63) is 69.6 Å². The number of hydrogen-bond donors (Lipinski definition) is 0. The topological polar surface area (TPSA) is 38.1 Å². The van der Waals surface area contributed by atoms with Crippen LogP contribution in [-0.2, 0) is 6.54 Å². The molecular weight excluding hydrogens is 310 g/mol. The normalized spacial score (nSPS) is 18.8. The van der Waals surface area contributed by atoms with E-state index in [9.17, 15) is 4.79 Å². The lowest BCUT2D eigenvalue weighted by atomic mass is 9.89. The number of aromatic nitrogens is 2. The maximum atomic E-state index is 11.7. The maximum absolute atomic E-state index is 11.7. The number of likely N-dealkylation sites (tertiary alicyclic amines) is 1. The molecule has 4 nitrogen and oxygen atoms in total. The second kappa shape index (κ2) is 7.36. The minimum Gasteiger partial charge on any atom is -0.300 e. The van der Waals surface area contributed by atoms with Crippen molar-refractivity contribution in [2.75, 3.05) is 13.1 Å². The van der Waals surface area contributed by atoms with E-state index in [2.05, 4.69) is 40.3 Å². The molecule has 4 rings (SSSR count). The second-order valence-electron chi connectivity index (χ2n) is 7.18. The van der Waals surface area contributed by atoms with Crippen LogP contribution in [0.25, 0.3) is 6.08 Å². The fourth-order valence-corrected chi connectivity index (χ4v) is 3.71. The molecule has 130 valence electrons. The van der Waals surface area contributed by atoms with Gasteiger partial charge in [0.25, 0.3) is 5.56 Å². The highest BCUT2D eigenvalue weighted by atomic mass is 16.1. The van der Waals surface area contributed by atoms with Gasteiger partial charge in [-0.2, -0.15) is 5.10 Å². The quantitative estimate of drug-likeness (QED) is 0.860. The van der Waals surface area contributed by atoms with E-state index in [0.717, 1.165) is 11.6 Å². The van der Waals surface area contributed by atoms with E-state index in [-0.39, 0.29) is 5.56 Å². The van der Waals surface area contributed by atoms with Crippen LogP contribution in [0.1, 0.15) is 43.2 Å². The van der Waals surface area contributed by atoms with Crippen LogP contribution < -0.4 is 5.56 Å². The van der Waals surface area contributed by atoms with Gasteiger partial charge in [-0.25, -0.2) is 4.68 Å². The lowest BCUT2D eigenvalue weighted by molar-refractivity contribution is 0.118. The van der Waals surface area contributed by atoms with Crippen LogP contribution >= 0.6 is 0 Å². The minimum atomic E-state index is -0.0630. The standard InChI is InChI=1S/C21H25N3O/c25-21-5-2-12-22-24(21)16-19-8-6-17(7-9-19)15-18-10-13-23(14-11-18)20-3-1-4-20/h2,5-9,12,15,20H,1,3-4,10-11,13-14,16H2. The lowest BCUT2D eigenvalue weighted by Gasteiger charge is -2.40. The fourth-order valence-electron chi connectivity index (χ4n) is 3.71. The first kappa shape index (κ1) is 16.3. The number of benzene rings is 1. The summed E-state index contributed by atoms with van der Waals surface area (Å²) < 4.78 is 1.49. The molecule has 2 aliphatic rings. The molecular formula is C21H25N3O. The van der Waals surface area contributed by atoms with E-state index in [1.165, 1.54) is 55.4 Å². The van der Waals surface area contributed by atoms with Crippen LogP contribution in [0.5, 0.6) is 0 Å². The van der Waals surface area contributed by atoms with Gasteiger partial charge in [-0.1, -0.05) is 42.3 Å². The first-order valence-corrected chi connectivity index (χ1v) is 9.32. The molecule has 4 heteroatoms. The maximum Gasteiger partial charge on any atom is 0.267 e. The molecule has 0 N–H and O–H groups in total. The Kier molecular flexibility index (Phi) is 4.79. The van der Waals surface area contributed by atoms with Crippen LogP contribution in [0.3, 0.4) is 0 Å². The van der Waals surface area contributed by atoms with Crippen molar-refractivity contribution in [2.24, 2.45) is 0 Å². The first-order valence-electron chi connectivity index (χ1n) is 9.32. The molecule has 0 radical (unpaired) electrons. The van der Waals surface area contributed by atoms with Crippen LogP contribution in [0.15, 0.2) is 53.0 Å². The molecule has 0 amide bonds. The molecule has 1 aliphatic heterocycles. The molecule has 0 bridgehead atoms. The predicted octanol–water partition coefficient (Wildman–Crippen LogP) is 3.32. The van der Waals surface area contributed by atoms with Gasteiger partial charge in [0.1, 0.15) is 0 Å².